The van der Waals surface area contributed by atoms with Gasteiger partial charge in [0.05, 0.1) is 37.2 Å². The molecule has 0 saturated carbocycles. The Hall–Kier alpha value is -6.39. The van der Waals surface area contributed by atoms with Crippen molar-refractivity contribution in [2.75, 3.05) is 18.6 Å². The Bertz CT molecular complexity index is 1990. The molecule has 0 saturated heterocycles. The summed E-state index contributed by atoms with van der Waals surface area (Å²) in [4.78, 5) is 96.2. The van der Waals surface area contributed by atoms with Crippen molar-refractivity contribution in [3.8, 4) is 17.1 Å². The van der Waals surface area contributed by atoms with Crippen LogP contribution in [-0.2, 0) is 33.5 Å². The number of carbonyl (C=O) groups is 7. The first-order chi connectivity index (χ1) is 29.3. The van der Waals surface area contributed by atoms with Crippen LogP contribution in [0.1, 0.15) is 122 Å². The molecule has 17 nitrogen and oxygen atoms in total. The van der Waals surface area contributed by atoms with Crippen LogP contribution in [0.4, 0.5) is 10.5 Å². The monoisotopic (exact) mass is 863 g/mol. The van der Waals surface area contributed by atoms with Gasteiger partial charge in [-0.2, -0.15) is 5.06 Å². The minimum atomic E-state index is -1.36. The molecule has 0 fully saturated rings. The maximum atomic E-state index is 13.6. The topological polar surface area (TPSA) is 221 Å². The summed E-state index contributed by atoms with van der Waals surface area (Å²) in [6, 6.07) is 14.0. The first kappa shape index (κ1) is 50.0. The second-order valence-corrected chi connectivity index (χ2v) is 16.3. The zero-order valence-electron chi connectivity index (χ0n) is 37.1. The maximum absolute atomic E-state index is 13.6. The molecule has 0 aliphatic rings. The number of anilines is 1. The molecule has 0 aliphatic carbocycles. The highest BCUT2D eigenvalue weighted by Gasteiger charge is 2.34. The van der Waals surface area contributed by atoms with E-state index in [4.69, 9.17) is 23.5 Å². The van der Waals surface area contributed by atoms with E-state index in [-0.39, 0.29) is 36.1 Å². The molecule has 3 rings (SSSR count). The molecule has 3 atom stereocenters. The molecule has 1 aromatic heterocycles. The van der Waals surface area contributed by atoms with Crippen LogP contribution in [0.3, 0.4) is 0 Å². The van der Waals surface area contributed by atoms with Gasteiger partial charge in [-0.3, -0.25) is 29.3 Å². The number of carbonyl (C=O) groups excluding carboxylic acids is 7. The van der Waals surface area contributed by atoms with E-state index in [0.717, 1.165) is 17.9 Å². The third kappa shape index (κ3) is 16.2. The number of unbranched alkanes of at least 4 members (excludes halogenated alkanes) is 2. The minimum Gasteiger partial charge on any atom is -0.493 e. The number of hydrogen-bond acceptors (Lipinski definition) is 12. The van der Waals surface area contributed by atoms with E-state index in [1.165, 1.54) is 18.2 Å². The summed E-state index contributed by atoms with van der Waals surface area (Å²) < 4.78 is 22.5. The predicted octanol–water partition coefficient (Wildman–Crippen LogP) is 6.92. The highest BCUT2D eigenvalue weighted by Crippen LogP contribution is 2.30. The molecule has 0 aliphatic heterocycles. The Labute approximate surface area is 362 Å². The average molecular weight is 864 g/mol. The second kappa shape index (κ2) is 23.6. The molecule has 17 heteroatoms. The van der Waals surface area contributed by atoms with Crippen LogP contribution in [0.15, 0.2) is 65.1 Å². The molecule has 5 amide bonds. The number of nitrogens with zero attached hydrogens (tertiary/aromatic N) is 1. The Morgan fingerprint density at radius 1 is 0.823 bits per heavy atom. The zero-order chi connectivity index (χ0) is 46.0. The molecule has 338 valence electrons. The van der Waals surface area contributed by atoms with E-state index in [9.17, 15) is 33.6 Å². The molecule has 0 radical (unpaired) electrons. The number of furan rings is 1. The number of hydroxylamine groups is 2. The van der Waals surface area contributed by atoms with Gasteiger partial charge >= 0.3 is 18.0 Å². The first-order valence-corrected chi connectivity index (χ1v) is 20.7. The Morgan fingerprint density at radius 3 is 2.13 bits per heavy atom. The summed E-state index contributed by atoms with van der Waals surface area (Å²) in [5.41, 5.74) is -0.736. The second-order valence-electron chi connectivity index (χ2n) is 16.3. The lowest BCUT2D eigenvalue weighted by Gasteiger charge is -2.31. The van der Waals surface area contributed by atoms with Crippen molar-refractivity contribution >= 4 is 47.9 Å². The van der Waals surface area contributed by atoms with Gasteiger partial charge in [-0.1, -0.05) is 57.4 Å². The number of para-hydroxylation sites is 1. The lowest BCUT2D eigenvalue weighted by atomic mass is 9.90. The van der Waals surface area contributed by atoms with Gasteiger partial charge in [-0.25, -0.2) is 9.59 Å². The van der Waals surface area contributed by atoms with E-state index >= 15 is 0 Å². The van der Waals surface area contributed by atoms with Gasteiger partial charge in [0.25, 0.3) is 11.8 Å². The molecule has 62 heavy (non-hydrogen) atoms. The van der Waals surface area contributed by atoms with Crippen molar-refractivity contribution in [1.29, 1.82) is 0 Å². The van der Waals surface area contributed by atoms with Crippen LogP contribution in [0, 0.1) is 5.92 Å². The fraction of sp³-hybridized carbons (Fsp3) is 0.489. The van der Waals surface area contributed by atoms with E-state index in [1.54, 1.807) is 97.9 Å². The number of ether oxygens (including phenoxy) is 3. The number of rotatable bonds is 22. The number of esters is 2. The van der Waals surface area contributed by atoms with E-state index < -0.39 is 71.4 Å². The average Bonchev–Trinajstić information content (AvgIpc) is 3.70. The fourth-order valence-electron chi connectivity index (χ4n) is 6.21. The number of benzene rings is 2. The Morgan fingerprint density at radius 2 is 1.52 bits per heavy atom. The van der Waals surface area contributed by atoms with Gasteiger partial charge in [0.1, 0.15) is 28.8 Å². The first-order valence-electron chi connectivity index (χ1n) is 20.7. The smallest absolute Gasteiger partial charge is 0.436 e. The standard InChI is InChI=1S/C45H61N5O12/c1-10-13-15-20-31(34(11-2)50(28-51)62-43(57)48-30-18-16-14-17-19-30)39(53)46-27-47-41(55)36-24-23-35(59-36)29-21-22-32(37(25-29)58-12-3)40(54)49-33(42(56)61-45(7,8)9)26-38(52)60-44(4,5)6/h14,16-19,21-25,28,31,33-34H,10-13,15,20,26-27H2,1-9H3,(H,46,53)(H,47,55)(H,48,57)(H,49,54)/t31?,33?,34-/m1/s1. The zero-order valence-corrected chi connectivity index (χ0v) is 37.1. The summed E-state index contributed by atoms with van der Waals surface area (Å²) in [7, 11) is 0. The lowest BCUT2D eigenvalue weighted by Crippen LogP contribution is -2.49. The molecule has 2 aromatic carbocycles. The van der Waals surface area contributed by atoms with Gasteiger partial charge in [-0.15, -0.1) is 0 Å². The quantitative estimate of drug-likeness (QED) is 0.0266. The van der Waals surface area contributed by atoms with Gasteiger partial charge in [0.2, 0.25) is 12.3 Å². The molecule has 0 bridgehead atoms. The van der Waals surface area contributed by atoms with Gasteiger partial charge < -0.3 is 39.4 Å². The summed E-state index contributed by atoms with van der Waals surface area (Å²) >= 11 is 0. The van der Waals surface area contributed by atoms with Gasteiger partial charge in [0.15, 0.2) is 5.76 Å². The highest BCUT2D eigenvalue weighted by atomic mass is 16.7. The summed E-state index contributed by atoms with van der Waals surface area (Å²) in [5, 5.41) is 11.3. The SMILES string of the molecule is CCCCCC(C(=O)NCNC(=O)c1ccc(-c2ccc(C(=O)NC(CC(=O)OC(C)(C)C)C(=O)OC(C)(C)C)c(OCC)c2)o1)[C@@H](CC)N(C=O)OC(=O)Nc1ccccc1. The van der Waals surface area contributed by atoms with Crippen LogP contribution in [0.5, 0.6) is 5.75 Å². The van der Waals surface area contributed by atoms with Crippen LogP contribution in [0.25, 0.3) is 11.3 Å². The Kier molecular flexibility index (Phi) is 19.0. The van der Waals surface area contributed by atoms with Crippen molar-refractivity contribution in [3.63, 3.8) is 0 Å². The number of nitrogens with one attached hydrogen (secondary N) is 4. The molecule has 0 spiro atoms. The van der Waals surface area contributed by atoms with Crippen molar-refractivity contribution < 1.29 is 57.0 Å². The molecule has 3 aromatic rings. The molecule has 1 heterocycles. The van der Waals surface area contributed by atoms with E-state index in [1.807, 2.05) is 6.92 Å². The normalized spacial score (nSPS) is 12.7. The predicted molar refractivity (Wildman–Crippen MR) is 230 cm³/mol. The van der Waals surface area contributed by atoms with E-state index in [2.05, 4.69) is 21.3 Å². The lowest BCUT2D eigenvalue weighted by molar-refractivity contribution is -0.167. The van der Waals surface area contributed by atoms with Crippen LogP contribution < -0.4 is 26.0 Å². The highest BCUT2D eigenvalue weighted by molar-refractivity contribution is 6.00. The third-order valence-corrected chi connectivity index (χ3v) is 8.92. The largest absolute Gasteiger partial charge is 0.493 e. The summed E-state index contributed by atoms with van der Waals surface area (Å²) in [6.07, 6.45) is 2.08. The number of amides is 5. The number of hydrogen-bond donors (Lipinski definition) is 4. The van der Waals surface area contributed by atoms with Crippen molar-refractivity contribution in [2.24, 2.45) is 5.92 Å². The maximum Gasteiger partial charge on any atom is 0.436 e. The van der Waals surface area contributed by atoms with E-state index in [0.29, 0.717) is 36.9 Å². The third-order valence-electron chi connectivity index (χ3n) is 8.92. The van der Waals surface area contributed by atoms with Crippen LogP contribution >= 0.6 is 0 Å². The van der Waals surface area contributed by atoms with Crippen LogP contribution in [-0.4, -0.2) is 83.8 Å². The minimum absolute atomic E-state index is 0.0604. The molecule has 4 N–H and O–H groups in total. The van der Waals surface area contributed by atoms with Crippen LogP contribution in [0.2, 0.25) is 0 Å². The summed E-state index contributed by atoms with van der Waals surface area (Å²) in [5.74, 6) is -3.77. The van der Waals surface area contributed by atoms with Gasteiger partial charge in [0, 0.05) is 11.3 Å². The van der Waals surface area contributed by atoms with Gasteiger partial charge in [-0.05, 0) is 97.7 Å². The summed E-state index contributed by atoms with van der Waals surface area (Å²) in [6.45, 7) is 15.5. The molecular formula is C45H61N5O12. The molecular weight excluding hydrogens is 803 g/mol. The fourth-order valence-corrected chi connectivity index (χ4v) is 6.21. The van der Waals surface area contributed by atoms with Crippen molar-refractivity contribution in [1.82, 2.24) is 21.0 Å². The molecule has 2 unspecified atom stereocenters. The van der Waals surface area contributed by atoms with Crippen molar-refractivity contribution in [3.05, 3.63) is 72.0 Å². The van der Waals surface area contributed by atoms with Crippen molar-refractivity contribution in [2.45, 2.75) is 124 Å². The Balaban J connectivity index is 1.71.